The van der Waals surface area contributed by atoms with Crippen LogP contribution in [-0.2, 0) is 4.74 Å². The lowest BCUT2D eigenvalue weighted by atomic mass is 10.2. The summed E-state index contributed by atoms with van der Waals surface area (Å²) in [5, 5.41) is 2.66. The third-order valence-corrected chi connectivity index (χ3v) is 2.00. The summed E-state index contributed by atoms with van der Waals surface area (Å²) in [6.45, 7) is 7.41. The number of hydrogen-bond donors (Lipinski definition) is 1. The van der Waals surface area contributed by atoms with Gasteiger partial charge in [0.2, 0.25) is 0 Å². The van der Waals surface area contributed by atoms with Crippen LogP contribution in [0.2, 0.25) is 0 Å². The van der Waals surface area contributed by atoms with Gasteiger partial charge in [-0.3, -0.25) is 5.32 Å². The van der Waals surface area contributed by atoms with Gasteiger partial charge in [0.15, 0.2) is 0 Å². The minimum Gasteiger partial charge on any atom is -0.444 e. The molecule has 18 heavy (non-hydrogen) atoms. The number of benzene rings is 1. The quantitative estimate of drug-likeness (QED) is 0.641. The molecule has 0 unspecified atom stereocenters. The van der Waals surface area contributed by atoms with Gasteiger partial charge in [0, 0.05) is 6.42 Å². The molecule has 0 atom stereocenters. The lowest BCUT2D eigenvalue weighted by Crippen LogP contribution is -2.36. The highest BCUT2D eigenvalue weighted by molar-refractivity contribution is 5.96. The molecule has 0 saturated heterocycles. The Labute approximate surface area is 108 Å². The zero-order chi connectivity index (χ0) is 13.6. The predicted molar refractivity (Wildman–Crippen MR) is 73.2 cm³/mol. The van der Waals surface area contributed by atoms with Crippen molar-refractivity contribution in [3.63, 3.8) is 0 Å². The minimum absolute atomic E-state index is 0.473. The van der Waals surface area contributed by atoms with E-state index < -0.39 is 11.7 Å². The molecular weight excluding hydrogens is 228 g/mol. The third kappa shape index (κ3) is 5.48. The van der Waals surface area contributed by atoms with Crippen LogP contribution in [0.1, 0.15) is 34.1 Å². The van der Waals surface area contributed by atoms with Crippen LogP contribution < -0.4 is 5.32 Å². The second-order valence-corrected chi connectivity index (χ2v) is 4.87. The van der Waals surface area contributed by atoms with Crippen molar-refractivity contribution >= 4 is 17.6 Å². The average molecular weight is 248 g/mol. The van der Waals surface area contributed by atoms with Crippen LogP contribution in [0.15, 0.2) is 35.3 Å². The zero-order valence-electron chi connectivity index (χ0n) is 11.4. The number of hydrogen-bond acceptors (Lipinski definition) is 3. The number of carbonyl (C=O) groups excluding carboxylic acids is 1. The minimum atomic E-state index is -0.504. The number of amides is 1. The fourth-order valence-electron chi connectivity index (χ4n) is 1.28. The molecule has 1 aromatic rings. The van der Waals surface area contributed by atoms with E-state index in [4.69, 9.17) is 4.74 Å². The Morgan fingerprint density at radius 3 is 2.39 bits per heavy atom. The number of ether oxygens (including phenoxy) is 1. The van der Waals surface area contributed by atoms with Gasteiger partial charge in [0.25, 0.3) is 0 Å². The maximum absolute atomic E-state index is 11.6. The van der Waals surface area contributed by atoms with Crippen molar-refractivity contribution < 1.29 is 9.53 Å². The van der Waals surface area contributed by atoms with E-state index in [2.05, 4.69) is 10.3 Å². The van der Waals surface area contributed by atoms with Gasteiger partial charge in [-0.15, -0.1) is 0 Å². The van der Waals surface area contributed by atoms with Crippen molar-refractivity contribution in [2.75, 3.05) is 0 Å². The third-order valence-electron chi connectivity index (χ3n) is 2.00. The largest absolute Gasteiger partial charge is 0.444 e. The molecule has 1 amide bonds. The molecule has 4 nitrogen and oxygen atoms in total. The first-order chi connectivity index (χ1) is 8.40. The Kier molecular flexibility index (Phi) is 4.89. The Balaban J connectivity index is 2.68. The van der Waals surface area contributed by atoms with Gasteiger partial charge in [0.1, 0.15) is 11.4 Å². The van der Waals surface area contributed by atoms with E-state index in [1.807, 2.05) is 58.0 Å². The monoisotopic (exact) mass is 248 g/mol. The first kappa shape index (κ1) is 14.2. The standard InChI is InChI=1S/C14H20N2O2/c1-5-12(15-11-9-7-6-8-10-11)16-13(17)18-14(2,3)4/h6-10H,5H2,1-4H3,(H,15,16,17). The highest BCUT2D eigenvalue weighted by Gasteiger charge is 2.16. The van der Waals surface area contributed by atoms with E-state index in [0.29, 0.717) is 12.3 Å². The molecule has 0 fully saturated rings. The van der Waals surface area contributed by atoms with Crippen LogP contribution in [0.25, 0.3) is 0 Å². The van der Waals surface area contributed by atoms with Crippen molar-refractivity contribution in [3.8, 4) is 0 Å². The molecule has 1 rings (SSSR count). The van der Waals surface area contributed by atoms with Crippen LogP contribution in [-0.4, -0.2) is 17.5 Å². The molecule has 0 aliphatic carbocycles. The first-order valence-electron chi connectivity index (χ1n) is 6.03. The number of rotatable bonds is 2. The van der Waals surface area contributed by atoms with Crippen molar-refractivity contribution in [1.29, 1.82) is 0 Å². The Morgan fingerprint density at radius 1 is 1.28 bits per heavy atom. The van der Waals surface area contributed by atoms with Crippen LogP contribution in [0.3, 0.4) is 0 Å². The van der Waals surface area contributed by atoms with E-state index in [1.165, 1.54) is 0 Å². The Hall–Kier alpha value is -1.84. The molecule has 0 bridgehead atoms. The number of amidine groups is 1. The number of nitrogens with zero attached hydrogens (tertiary/aromatic N) is 1. The van der Waals surface area contributed by atoms with Gasteiger partial charge in [-0.05, 0) is 32.9 Å². The van der Waals surface area contributed by atoms with Crippen LogP contribution in [0, 0.1) is 0 Å². The van der Waals surface area contributed by atoms with Crippen molar-refractivity contribution in [2.45, 2.75) is 39.7 Å². The predicted octanol–water partition coefficient (Wildman–Crippen LogP) is 3.65. The Morgan fingerprint density at radius 2 is 1.89 bits per heavy atom. The molecular formula is C14H20N2O2. The molecule has 98 valence electrons. The summed E-state index contributed by atoms with van der Waals surface area (Å²) in [7, 11) is 0. The normalized spacial score (nSPS) is 12.1. The number of aliphatic imine (C=N–C) groups is 1. The first-order valence-corrected chi connectivity index (χ1v) is 6.03. The van der Waals surface area contributed by atoms with Crippen LogP contribution in [0.5, 0.6) is 0 Å². The lowest BCUT2D eigenvalue weighted by Gasteiger charge is -2.19. The maximum atomic E-state index is 11.6. The second kappa shape index (κ2) is 6.19. The summed E-state index contributed by atoms with van der Waals surface area (Å²) in [6.07, 6.45) is 0.160. The number of carbonyl (C=O) groups is 1. The number of alkyl carbamates (subject to hydrolysis) is 1. The maximum Gasteiger partial charge on any atom is 0.413 e. The second-order valence-electron chi connectivity index (χ2n) is 4.87. The summed E-state index contributed by atoms with van der Waals surface area (Å²) in [4.78, 5) is 16.0. The molecule has 0 aromatic heterocycles. The summed E-state index contributed by atoms with van der Waals surface area (Å²) in [5.41, 5.74) is 0.306. The van der Waals surface area contributed by atoms with Gasteiger partial charge < -0.3 is 4.74 Å². The van der Waals surface area contributed by atoms with Gasteiger partial charge in [-0.1, -0.05) is 25.1 Å². The van der Waals surface area contributed by atoms with Gasteiger partial charge in [-0.2, -0.15) is 0 Å². The smallest absolute Gasteiger partial charge is 0.413 e. The average Bonchev–Trinajstić information content (AvgIpc) is 2.27. The van der Waals surface area contributed by atoms with Crippen LogP contribution in [0.4, 0.5) is 10.5 Å². The molecule has 1 aromatic carbocycles. The van der Waals surface area contributed by atoms with E-state index in [9.17, 15) is 4.79 Å². The summed E-state index contributed by atoms with van der Waals surface area (Å²) >= 11 is 0. The molecule has 4 heteroatoms. The molecule has 0 spiro atoms. The van der Waals surface area contributed by atoms with Crippen molar-refractivity contribution in [2.24, 2.45) is 4.99 Å². The van der Waals surface area contributed by atoms with Gasteiger partial charge in [0.05, 0.1) is 5.69 Å². The number of nitrogens with one attached hydrogen (secondary N) is 1. The molecule has 1 N–H and O–H groups in total. The van der Waals surface area contributed by atoms with Gasteiger partial charge in [-0.25, -0.2) is 9.79 Å². The van der Waals surface area contributed by atoms with Crippen LogP contribution >= 0.6 is 0 Å². The Bertz CT molecular complexity index is 419. The molecule has 0 aliphatic heterocycles. The fourth-order valence-corrected chi connectivity index (χ4v) is 1.28. The van der Waals surface area contributed by atoms with Gasteiger partial charge >= 0.3 is 6.09 Å². The van der Waals surface area contributed by atoms with Crippen molar-refractivity contribution in [3.05, 3.63) is 30.3 Å². The highest BCUT2D eigenvalue weighted by atomic mass is 16.6. The highest BCUT2D eigenvalue weighted by Crippen LogP contribution is 2.11. The molecule has 0 aliphatic rings. The summed E-state index contributed by atoms with van der Waals surface area (Å²) in [6, 6.07) is 9.49. The molecule has 0 saturated carbocycles. The van der Waals surface area contributed by atoms with E-state index in [-0.39, 0.29) is 0 Å². The number of para-hydroxylation sites is 1. The van der Waals surface area contributed by atoms with E-state index >= 15 is 0 Å². The molecule has 0 radical (unpaired) electrons. The summed E-state index contributed by atoms with van der Waals surface area (Å²) < 4.78 is 5.18. The van der Waals surface area contributed by atoms with E-state index in [1.54, 1.807) is 0 Å². The topological polar surface area (TPSA) is 50.7 Å². The molecule has 0 heterocycles. The van der Waals surface area contributed by atoms with E-state index in [0.717, 1.165) is 5.69 Å². The summed E-state index contributed by atoms with van der Waals surface area (Å²) in [5.74, 6) is 0.593. The van der Waals surface area contributed by atoms with Crippen molar-refractivity contribution in [1.82, 2.24) is 5.32 Å². The zero-order valence-corrected chi connectivity index (χ0v) is 11.4. The SMILES string of the molecule is CCC(=Nc1ccccc1)NC(=O)OC(C)(C)C. The fraction of sp³-hybridized carbons (Fsp3) is 0.429. The lowest BCUT2D eigenvalue weighted by molar-refractivity contribution is 0.0562.